The van der Waals surface area contributed by atoms with E-state index in [1.54, 1.807) is 6.07 Å². The minimum Gasteiger partial charge on any atom is -0.463 e. The van der Waals surface area contributed by atoms with Gasteiger partial charge in [0, 0.05) is 17.8 Å². The summed E-state index contributed by atoms with van der Waals surface area (Å²) in [6.07, 6.45) is 5.30. The molecular formula is C16H21NO3. The molecule has 0 atom stereocenters. The first-order valence-corrected chi connectivity index (χ1v) is 6.84. The van der Waals surface area contributed by atoms with Crippen LogP contribution in [-0.4, -0.2) is 18.5 Å². The van der Waals surface area contributed by atoms with Gasteiger partial charge in [0.25, 0.3) is 0 Å². The first-order valence-electron chi connectivity index (χ1n) is 6.84. The van der Waals surface area contributed by atoms with E-state index in [9.17, 15) is 9.59 Å². The van der Waals surface area contributed by atoms with E-state index >= 15 is 0 Å². The Balaban J connectivity index is 2.34. The van der Waals surface area contributed by atoms with Gasteiger partial charge >= 0.3 is 5.97 Å². The molecule has 20 heavy (non-hydrogen) atoms. The number of anilines is 1. The van der Waals surface area contributed by atoms with Crippen LogP contribution in [0.3, 0.4) is 0 Å². The number of amides is 1. The Kier molecular flexibility index (Phi) is 7.11. The zero-order valence-corrected chi connectivity index (χ0v) is 12.0. The number of aryl methyl sites for hydroxylation is 1. The fourth-order valence-corrected chi connectivity index (χ4v) is 1.62. The Morgan fingerprint density at radius 3 is 2.75 bits per heavy atom. The number of hydrogen-bond acceptors (Lipinski definition) is 3. The predicted octanol–water partition coefficient (Wildman–Crippen LogP) is 3.22. The summed E-state index contributed by atoms with van der Waals surface area (Å²) in [4.78, 5) is 22.9. The second-order valence-electron chi connectivity index (χ2n) is 4.57. The summed E-state index contributed by atoms with van der Waals surface area (Å²) in [6, 6.07) is 7.45. The molecule has 0 aromatic heterocycles. The molecule has 0 saturated heterocycles. The van der Waals surface area contributed by atoms with Crippen molar-refractivity contribution in [2.24, 2.45) is 0 Å². The first-order chi connectivity index (χ1) is 9.61. The van der Waals surface area contributed by atoms with Gasteiger partial charge < -0.3 is 10.1 Å². The van der Waals surface area contributed by atoms with Crippen LogP contribution in [0.5, 0.6) is 0 Å². The Bertz CT molecular complexity index is 480. The third-order valence-corrected chi connectivity index (χ3v) is 2.65. The average molecular weight is 275 g/mol. The van der Waals surface area contributed by atoms with Crippen molar-refractivity contribution < 1.29 is 14.3 Å². The summed E-state index contributed by atoms with van der Waals surface area (Å²) < 4.78 is 4.96. The second-order valence-corrected chi connectivity index (χ2v) is 4.57. The maximum atomic E-state index is 11.6. The summed E-state index contributed by atoms with van der Waals surface area (Å²) in [7, 11) is 0. The lowest BCUT2D eigenvalue weighted by Crippen LogP contribution is -2.09. The van der Waals surface area contributed by atoms with Crippen molar-refractivity contribution in [3.63, 3.8) is 0 Å². The summed E-state index contributed by atoms with van der Waals surface area (Å²) in [5, 5.41) is 2.68. The molecule has 0 radical (unpaired) electrons. The zero-order chi connectivity index (χ0) is 14.8. The van der Waals surface area contributed by atoms with Crippen molar-refractivity contribution >= 4 is 17.6 Å². The molecule has 0 aliphatic heterocycles. The molecule has 1 aromatic rings. The van der Waals surface area contributed by atoms with Crippen molar-refractivity contribution in [1.82, 2.24) is 0 Å². The quantitative estimate of drug-likeness (QED) is 0.472. The van der Waals surface area contributed by atoms with Crippen molar-refractivity contribution in [2.75, 3.05) is 11.9 Å². The molecule has 0 bridgehead atoms. The Hall–Kier alpha value is -2.10. The van der Waals surface area contributed by atoms with E-state index in [4.69, 9.17) is 4.74 Å². The molecule has 4 heteroatoms. The van der Waals surface area contributed by atoms with Crippen molar-refractivity contribution in [3.8, 4) is 0 Å². The minimum absolute atomic E-state index is 0.346. The van der Waals surface area contributed by atoms with Gasteiger partial charge in [-0.25, -0.2) is 4.79 Å². The maximum absolute atomic E-state index is 11.6. The fraction of sp³-hybridized carbons (Fsp3) is 0.375. The number of nitrogens with one attached hydrogen (secondary N) is 1. The molecule has 4 nitrogen and oxygen atoms in total. The molecule has 0 aliphatic rings. The largest absolute Gasteiger partial charge is 0.463 e. The van der Waals surface area contributed by atoms with Crippen molar-refractivity contribution in [3.05, 3.63) is 42.0 Å². The highest BCUT2D eigenvalue weighted by molar-refractivity contribution is 6.02. The van der Waals surface area contributed by atoms with E-state index in [1.807, 2.05) is 25.1 Å². The second kappa shape index (κ2) is 8.91. The average Bonchev–Trinajstić information content (AvgIpc) is 2.41. The normalized spacial score (nSPS) is 10.5. The fourth-order valence-electron chi connectivity index (χ4n) is 1.62. The van der Waals surface area contributed by atoms with E-state index in [0.717, 1.165) is 30.9 Å². The van der Waals surface area contributed by atoms with E-state index in [0.29, 0.717) is 12.3 Å². The van der Waals surface area contributed by atoms with Crippen LogP contribution >= 0.6 is 0 Å². The van der Waals surface area contributed by atoms with Crippen LogP contribution in [0.2, 0.25) is 0 Å². The van der Waals surface area contributed by atoms with Crippen molar-refractivity contribution in [2.45, 2.75) is 33.1 Å². The highest BCUT2D eigenvalue weighted by Crippen LogP contribution is 2.09. The topological polar surface area (TPSA) is 55.4 Å². The van der Waals surface area contributed by atoms with Crippen LogP contribution in [0.25, 0.3) is 0 Å². The Morgan fingerprint density at radius 2 is 2.05 bits per heavy atom. The SMILES string of the molecule is CCCCCOC(=O)/C=C/C(=O)Nc1cccc(C)c1. The Labute approximate surface area is 119 Å². The van der Waals surface area contributed by atoms with Gasteiger partial charge in [-0.3, -0.25) is 4.79 Å². The van der Waals surface area contributed by atoms with Crippen LogP contribution in [0.4, 0.5) is 5.69 Å². The lowest BCUT2D eigenvalue weighted by atomic mass is 10.2. The van der Waals surface area contributed by atoms with Gasteiger partial charge in [0.1, 0.15) is 0 Å². The molecule has 1 aromatic carbocycles. The smallest absolute Gasteiger partial charge is 0.330 e. The summed E-state index contributed by atoms with van der Waals surface area (Å²) in [5.74, 6) is -0.832. The molecule has 108 valence electrons. The van der Waals surface area contributed by atoms with Gasteiger partial charge in [-0.1, -0.05) is 31.9 Å². The standard InChI is InChI=1S/C16H21NO3/c1-3-4-5-11-20-16(19)10-9-15(18)17-14-8-6-7-13(2)12-14/h6-10,12H,3-5,11H2,1-2H3,(H,17,18)/b10-9+. The number of carbonyl (C=O) groups is 2. The van der Waals surface area contributed by atoms with Gasteiger partial charge in [0.15, 0.2) is 0 Å². The molecule has 1 rings (SSSR count). The third kappa shape index (κ3) is 6.73. The first kappa shape index (κ1) is 16.0. The van der Waals surface area contributed by atoms with Gasteiger partial charge in [-0.2, -0.15) is 0 Å². The monoisotopic (exact) mass is 275 g/mol. The maximum Gasteiger partial charge on any atom is 0.330 e. The molecule has 0 heterocycles. The number of rotatable bonds is 7. The number of carbonyl (C=O) groups excluding carboxylic acids is 2. The summed E-state index contributed by atoms with van der Waals surface area (Å²) >= 11 is 0. The van der Waals surface area contributed by atoms with E-state index in [2.05, 4.69) is 12.2 Å². The summed E-state index contributed by atoms with van der Waals surface area (Å²) in [6.45, 7) is 4.42. The number of hydrogen-bond donors (Lipinski definition) is 1. The molecule has 1 amide bonds. The van der Waals surface area contributed by atoms with Gasteiger partial charge in [-0.05, 0) is 31.0 Å². The highest BCUT2D eigenvalue weighted by atomic mass is 16.5. The zero-order valence-electron chi connectivity index (χ0n) is 12.0. The number of unbranched alkanes of at least 4 members (excludes halogenated alkanes) is 2. The molecule has 0 unspecified atom stereocenters. The molecule has 0 saturated carbocycles. The van der Waals surface area contributed by atoms with Crippen LogP contribution in [0.15, 0.2) is 36.4 Å². The summed E-state index contributed by atoms with van der Waals surface area (Å²) in [5.41, 5.74) is 1.76. The number of benzene rings is 1. The number of esters is 1. The molecule has 0 fully saturated rings. The van der Waals surface area contributed by atoms with Gasteiger partial charge in [0.2, 0.25) is 5.91 Å². The molecule has 1 N–H and O–H groups in total. The van der Waals surface area contributed by atoms with Gasteiger partial charge in [0.05, 0.1) is 6.61 Å². The molecule has 0 spiro atoms. The molecular weight excluding hydrogens is 254 g/mol. The van der Waals surface area contributed by atoms with Crippen LogP contribution in [0.1, 0.15) is 31.7 Å². The Morgan fingerprint density at radius 1 is 1.25 bits per heavy atom. The lowest BCUT2D eigenvalue weighted by molar-refractivity contribution is -0.138. The minimum atomic E-state index is -0.486. The number of ether oxygens (including phenoxy) is 1. The third-order valence-electron chi connectivity index (χ3n) is 2.65. The van der Waals surface area contributed by atoms with E-state index in [-0.39, 0.29) is 5.91 Å². The predicted molar refractivity (Wildman–Crippen MR) is 79.4 cm³/mol. The van der Waals surface area contributed by atoms with Gasteiger partial charge in [-0.15, -0.1) is 0 Å². The van der Waals surface area contributed by atoms with Crippen LogP contribution < -0.4 is 5.32 Å². The highest BCUT2D eigenvalue weighted by Gasteiger charge is 2.01. The van der Waals surface area contributed by atoms with Crippen LogP contribution in [-0.2, 0) is 14.3 Å². The van der Waals surface area contributed by atoms with E-state index < -0.39 is 5.97 Å². The van der Waals surface area contributed by atoms with E-state index in [1.165, 1.54) is 6.08 Å². The van der Waals surface area contributed by atoms with Crippen LogP contribution in [0, 0.1) is 6.92 Å². The lowest BCUT2D eigenvalue weighted by Gasteiger charge is -2.03. The van der Waals surface area contributed by atoms with Crippen molar-refractivity contribution in [1.29, 1.82) is 0 Å². The molecule has 0 aliphatic carbocycles.